The maximum absolute atomic E-state index is 12.8. The minimum atomic E-state index is -1.14. The fraction of sp³-hybridized carbons (Fsp3) is 0.375. The van der Waals surface area contributed by atoms with Gasteiger partial charge in [0.25, 0.3) is 0 Å². The van der Waals surface area contributed by atoms with Crippen molar-refractivity contribution in [1.82, 2.24) is 16.0 Å². The SMILES string of the molecule is O=C(CC(CNC(=O)C1CCNCC1)c1ccc(Cl)cc1)N[C@H](C(=O)O)c1ccccc1. The number of carboxylic acid groups (broad SMARTS) is 1. The van der Waals surface area contributed by atoms with E-state index in [0.717, 1.165) is 31.5 Å². The lowest BCUT2D eigenvalue weighted by atomic mass is 9.93. The minimum absolute atomic E-state index is 0.0152. The molecule has 32 heavy (non-hydrogen) atoms. The molecule has 0 radical (unpaired) electrons. The van der Waals surface area contributed by atoms with Crippen LogP contribution >= 0.6 is 11.6 Å². The topological polar surface area (TPSA) is 108 Å². The summed E-state index contributed by atoms with van der Waals surface area (Å²) in [6, 6.07) is 14.5. The van der Waals surface area contributed by atoms with E-state index >= 15 is 0 Å². The Morgan fingerprint density at radius 3 is 2.28 bits per heavy atom. The molecule has 2 atom stereocenters. The molecule has 2 aromatic rings. The predicted molar refractivity (Wildman–Crippen MR) is 122 cm³/mol. The summed E-state index contributed by atoms with van der Waals surface area (Å²) in [6.07, 6.45) is 1.61. The monoisotopic (exact) mass is 457 g/mol. The van der Waals surface area contributed by atoms with E-state index < -0.39 is 17.9 Å². The van der Waals surface area contributed by atoms with E-state index in [1.54, 1.807) is 42.5 Å². The van der Waals surface area contributed by atoms with Crippen molar-refractivity contribution in [2.45, 2.75) is 31.2 Å². The number of aliphatic carboxylic acids is 1. The number of amides is 2. The van der Waals surface area contributed by atoms with E-state index in [2.05, 4.69) is 16.0 Å². The van der Waals surface area contributed by atoms with Crippen LogP contribution in [0.1, 0.15) is 42.3 Å². The van der Waals surface area contributed by atoms with Crippen LogP contribution in [0.15, 0.2) is 54.6 Å². The average Bonchev–Trinajstić information content (AvgIpc) is 2.81. The molecule has 1 fully saturated rings. The van der Waals surface area contributed by atoms with E-state index in [1.165, 1.54) is 0 Å². The molecule has 2 amide bonds. The molecule has 8 heteroatoms. The first-order valence-electron chi connectivity index (χ1n) is 10.7. The molecule has 2 aromatic carbocycles. The molecule has 0 bridgehead atoms. The van der Waals surface area contributed by atoms with Crippen molar-refractivity contribution in [2.75, 3.05) is 19.6 Å². The van der Waals surface area contributed by atoms with Gasteiger partial charge >= 0.3 is 5.97 Å². The van der Waals surface area contributed by atoms with Crippen molar-refractivity contribution >= 4 is 29.4 Å². The molecule has 4 N–H and O–H groups in total. The Kier molecular flexibility index (Phi) is 8.64. The van der Waals surface area contributed by atoms with Gasteiger partial charge in [-0.15, -0.1) is 0 Å². The van der Waals surface area contributed by atoms with Gasteiger partial charge in [-0.2, -0.15) is 0 Å². The lowest BCUT2D eigenvalue weighted by Gasteiger charge is -2.24. The Bertz CT molecular complexity index is 915. The number of rotatable bonds is 9. The third kappa shape index (κ3) is 6.80. The summed E-state index contributed by atoms with van der Waals surface area (Å²) in [7, 11) is 0. The molecule has 1 saturated heterocycles. The normalized spacial score (nSPS) is 16.0. The lowest BCUT2D eigenvalue weighted by Crippen LogP contribution is -2.40. The van der Waals surface area contributed by atoms with Gasteiger partial charge < -0.3 is 21.1 Å². The Labute approximate surface area is 192 Å². The van der Waals surface area contributed by atoms with Crippen LogP contribution in [-0.2, 0) is 14.4 Å². The summed E-state index contributed by atoms with van der Waals surface area (Å²) < 4.78 is 0. The Morgan fingerprint density at radius 1 is 1.00 bits per heavy atom. The molecule has 0 aliphatic carbocycles. The lowest BCUT2D eigenvalue weighted by molar-refractivity contribution is -0.142. The molecule has 170 valence electrons. The molecule has 0 aromatic heterocycles. The molecule has 0 spiro atoms. The van der Waals surface area contributed by atoms with Gasteiger partial charge in [-0.25, -0.2) is 4.79 Å². The van der Waals surface area contributed by atoms with Crippen LogP contribution in [0.4, 0.5) is 0 Å². The van der Waals surface area contributed by atoms with Gasteiger partial charge in [-0.3, -0.25) is 9.59 Å². The van der Waals surface area contributed by atoms with E-state index in [1.807, 2.05) is 12.1 Å². The highest BCUT2D eigenvalue weighted by molar-refractivity contribution is 6.30. The van der Waals surface area contributed by atoms with Gasteiger partial charge in [-0.05, 0) is 49.2 Å². The van der Waals surface area contributed by atoms with Gasteiger partial charge in [0.1, 0.15) is 0 Å². The van der Waals surface area contributed by atoms with Crippen molar-refractivity contribution in [1.29, 1.82) is 0 Å². The van der Waals surface area contributed by atoms with E-state index in [-0.39, 0.29) is 30.7 Å². The molecule has 7 nitrogen and oxygen atoms in total. The average molecular weight is 458 g/mol. The fourth-order valence-corrected chi connectivity index (χ4v) is 4.00. The van der Waals surface area contributed by atoms with Crippen molar-refractivity contribution in [3.63, 3.8) is 0 Å². The smallest absolute Gasteiger partial charge is 0.330 e. The zero-order valence-corrected chi connectivity index (χ0v) is 18.5. The summed E-state index contributed by atoms with van der Waals surface area (Å²) in [6.45, 7) is 1.91. The van der Waals surface area contributed by atoms with Crippen LogP contribution in [0.3, 0.4) is 0 Å². The molecule has 1 aliphatic rings. The standard InChI is InChI=1S/C24H28ClN3O4/c25-20-8-6-16(7-9-20)19(15-27-23(30)18-10-12-26-13-11-18)14-21(29)28-22(24(31)32)17-4-2-1-3-5-17/h1-9,18-19,22,26H,10-15H2,(H,27,30)(H,28,29)(H,31,32)/t19?,22-/m0/s1. The van der Waals surface area contributed by atoms with Gasteiger partial charge in [0, 0.05) is 29.8 Å². The first kappa shape index (κ1) is 23.8. The number of hydrogen-bond acceptors (Lipinski definition) is 4. The summed E-state index contributed by atoms with van der Waals surface area (Å²) >= 11 is 6.00. The summed E-state index contributed by atoms with van der Waals surface area (Å²) in [4.78, 5) is 37.1. The Hall–Kier alpha value is -2.90. The zero-order chi connectivity index (χ0) is 22.9. The molecule has 3 rings (SSSR count). The van der Waals surface area contributed by atoms with Crippen LogP contribution in [0.2, 0.25) is 5.02 Å². The predicted octanol–water partition coefficient (Wildman–Crippen LogP) is 2.87. The molecule has 0 saturated carbocycles. The molecule has 1 aliphatic heterocycles. The number of carbonyl (C=O) groups is 3. The number of halogens is 1. The van der Waals surface area contributed by atoms with Crippen molar-refractivity contribution in [2.24, 2.45) is 5.92 Å². The number of carboxylic acids is 1. The number of nitrogens with one attached hydrogen (secondary N) is 3. The quantitative estimate of drug-likeness (QED) is 0.463. The third-order valence-corrected chi connectivity index (χ3v) is 5.94. The number of benzene rings is 2. The Balaban J connectivity index is 1.68. The van der Waals surface area contributed by atoms with Crippen LogP contribution < -0.4 is 16.0 Å². The second-order valence-electron chi connectivity index (χ2n) is 7.97. The van der Waals surface area contributed by atoms with Gasteiger partial charge in [-0.1, -0.05) is 54.1 Å². The second-order valence-corrected chi connectivity index (χ2v) is 8.41. The summed E-state index contributed by atoms with van der Waals surface area (Å²) in [5, 5.41) is 19.0. The van der Waals surface area contributed by atoms with Crippen LogP contribution in [0.25, 0.3) is 0 Å². The first-order chi connectivity index (χ1) is 15.4. The van der Waals surface area contributed by atoms with Crippen molar-refractivity contribution in [3.05, 3.63) is 70.7 Å². The van der Waals surface area contributed by atoms with Crippen molar-refractivity contribution < 1.29 is 19.5 Å². The fourth-order valence-electron chi connectivity index (χ4n) is 3.87. The zero-order valence-electron chi connectivity index (χ0n) is 17.7. The van der Waals surface area contributed by atoms with E-state index in [4.69, 9.17) is 11.6 Å². The van der Waals surface area contributed by atoms with E-state index in [0.29, 0.717) is 10.6 Å². The van der Waals surface area contributed by atoms with Gasteiger partial charge in [0.2, 0.25) is 11.8 Å². The van der Waals surface area contributed by atoms with Crippen molar-refractivity contribution in [3.8, 4) is 0 Å². The second kappa shape index (κ2) is 11.6. The molecular formula is C24H28ClN3O4. The summed E-state index contributed by atoms with van der Waals surface area (Å²) in [5.74, 6) is -1.91. The number of piperidine rings is 1. The molecule has 1 unspecified atom stereocenters. The number of hydrogen-bond donors (Lipinski definition) is 4. The largest absolute Gasteiger partial charge is 0.479 e. The highest BCUT2D eigenvalue weighted by atomic mass is 35.5. The first-order valence-corrected chi connectivity index (χ1v) is 11.1. The van der Waals surface area contributed by atoms with Gasteiger partial charge in [0.15, 0.2) is 6.04 Å². The minimum Gasteiger partial charge on any atom is -0.479 e. The van der Waals surface area contributed by atoms with Crippen LogP contribution in [0.5, 0.6) is 0 Å². The molecule has 1 heterocycles. The highest BCUT2D eigenvalue weighted by Crippen LogP contribution is 2.23. The summed E-state index contributed by atoms with van der Waals surface area (Å²) in [5.41, 5.74) is 1.34. The van der Waals surface area contributed by atoms with E-state index in [9.17, 15) is 19.5 Å². The third-order valence-electron chi connectivity index (χ3n) is 5.69. The highest BCUT2D eigenvalue weighted by Gasteiger charge is 2.26. The molecular weight excluding hydrogens is 430 g/mol. The van der Waals surface area contributed by atoms with Crippen LogP contribution in [-0.4, -0.2) is 42.5 Å². The maximum Gasteiger partial charge on any atom is 0.330 e. The maximum atomic E-state index is 12.8. The van der Waals surface area contributed by atoms with Crippen LogP contribution in [0, 0.1) is 5.92 Å². The van der Waals surface area contributed by atoms with Gasteiger partial charge in [0.05, 0.1) is 0 Å². The Morgan fingerprint density at radius 2 is 1.66 bits per heavy atom. The number of carbonyl (C=O) groups excluding carboxylic acids is 2.